The third kappa shape index (κ3) is 5.75. The van der Waals surface area contributed by atoms with Crippen LogP contribution >= 0.6 is 0 Å². The molecule has 1 heterocycles. The molecule has 0 aliphatic carbocycles. The number of likely N-dealkylation sites (N-methyl/N-ethyl adjacent to an activating group) is 1. The highest BCUT2D eigenvalue weighted by molar-refractivity contribution is 7.91. The summed E-state index contributed by atoms with van der Waals surface area (Å²) in [6.07, 6.45) is -0.188. The Morgan fingerprint density at radius 3 is 2.68 bits per heavy atom. The van der Waals surface area contributed by atoms with E-state index in [4.69, 9.17) is 9.84 Å². The Balaban J connectivity index is 2.28. The minimum atomic E-state index is -3.05. The van der Waals surface area contributed by atoms with Crippen molar-refractivity contribution in [1.82, 2.24) is 10.2 Å². The number of carbonyl (C=O) groups excluding carboxylic acids is 1. The number of nitrogens with one attached hydrogen (secondary N) is 1. The fourth-order valence-electron chi connectivity index (χ4n) is 1.97. The first-order valence-corrected chi connectivity index (χ1v) is 8.03. The fraction of sp³-hybridized carbons (Fsp3) is 0.909. The van der Waals surface area contributed by atoms with Crippen molar-refractivity contribution < 1.29 is 23.1 Å². The molecule has 0 unspecified atom stereocenters. The summed E-state index contributed by atoms with van der Waals surface area (Å²) in [5, 5.41) is 11.3. The Labute approximate surface area is 113 Å². The number of carbonyl (C=O) groups is 1. The van der Waals surface area contributed by atoms with Crippen molar-refractivity contribution in [3.8, 4) is 0 Å². The van der Waals surface area contributed by atoms with Gasteiger partial charge in [-0.2, -0.15) is 0 Å². The zero-order chi connectivity index (χ0) is 14.5. The Kier molecular flexibility index (Phi) is 5.57. The van der Waals surface area contributed by atoms with E-state index in [-0.39, 0.29) is 24.7 Å². The van der Waals surface area contributed by atoms with Crippen LogP contribution in [-0.4, -0.2) is 74.9 Å². The van der Waals surface area contributed by atoms with Crippen LogP contribution in [0.3, 0.4) is 0 Å². The molecule has 1 amide bonds. The van der Waals surface area contributed by atoms with Gasteiger partial charge in [0.15, 0.2) is 9.84 Å². The lowest BCUT2D eigenvalue weighted by molar-refractivity contribution is 0.120. The van der Waals surface area contributed by atoms with Crippen molar-refractivity contribution in [1.29, 1.82) is 0 Å². The number of sulfone groups is 1. The first-order chi connectivity index (χ1) is 8.76. The summed E-state index contributed by atoms with van der Waals surface area (Å²) in [6, 6.07) is 0. The summed E-state index contributed by atoms with van der Waals surface area (Å²) in [5.74, 6) is 0.0581. The van der Waals surface area contributed by atoms with Gasteiger partial charge in [0.25, 0.3) is 0 Å². The Bertz CT molecular complexity index is 411. The summed E-state index contributed by atoms with van der Waals surface area (Å²) in [6.45, 7) is 2.99. The number of alkyl carbamates (subject to hydrolysis) is 1. The van der Waals surface area contributed by atoms with E-state index >= 15 is 0 Å². The molecule has 112 valence electrons. The Hall–Kier alpha value is -0.860. The number of aliphatic hydroxyl groups is 1. The fourth-order valence-corrected chi connectivity index (χ4v) is 4.06. The van der Waals surface area contributed by atoms with Crippen molar-refractivity contribution in [3.63, 3.8) is 0 Å². The molecule has 7 nitrogen and oxygen atoms in total. The Morgan fingerprint density at radius 1 is 1.47 bits per heavy atom. The highest BCUT2D eigenvalue weighted by atomic mass is 32.2. The van der Waals surface area contributed by atoms with Crippen molar-refractivity contribution in [2.24, 2.45) is 0 Å². The monoisotopic (exact) mass is 294 g/mol. The summed E-state index contributed by atoms with van der Waals surface area (Å²) in [4.78, 5) is 13.4. The molecule has 0 aromatic heterocycles. The summed E-state index contributed by atoms with van der Waals surface area (Å²) < 4.78 is 27.7. The molecule has 8 heteroatoms. The number of aliphatic hydroxyl groups excluding tert-OH is 1. The first kappa shape index (κ1) is 16.2. The second kappa shape index (κ2) is 6.53. The zero-order valence-corrected chi connectivity index (χ0v) is 12.2. The van der Waals surface area contributed by atoms with Gasteiger partial charge in [0, 0.05) is 13.1 Å². The highest BCUT2D eigenvalue weighted by Gasteiger charge is 2.39. The van der Waals surface area contributed by atoms with Gasteiger partial charge in [0.1, 0.15) is 6.61 Å². The second-order valence-electron chi connectivity index (χ2n) is 5.19. The van der Waals surface area contributed by atoms with Crippen molar-refractivity contribution >= 4 is 15.9 Å². The summed E-state index contributed by atoms with van der Waals surface area (Å²) in [5.41, 5.74) is -0.729. The quantitative estimate of drug-likeness (QED) is 0.667. The number of amides is 1. The van der Waals surface area contributed by atoms with Crippen molar-refractivity contribution in [2.45, 2.75) is 18.9 Å². The maximum atomic E-state index is 11.6. The topological polar surface area (TPSA) is 95.9 Å². The lowest BCUT2D eigenvalue weighted by Crippen LogP contribution is -2.47. The molecule has 1 fully saturated rings. The molecule has 0 saturated carbocycles. The number of ether oxygens (including phenoxy) is 1. The van der Waals surface area contributed by atoms with E-state index in [9.17, 15) is 13.2 Å². The zero-order valence-electron chi connectivity index (χ0n) is 11.4. The maximum Gasteiger partial charge on any atom is 0.407 e. The van der Waals surface area contributed by atoms with E-state index in [1.807, 2.05) is 11.9 Å². The molecule has 1 aliphatic rings. The van der Waals surface area contributed by atoms with Gasteiger partial charge in [-0.15, -0.1) is 0 Å². The number of hydrogen-bond donors (Lipinski definition) is 2. The van der Waals surface area contributed by atoms with Gasteiger partial charge >= 0.3 is 6.09 Å². The minimum Gasteiger partial charge on any atom is -0.448 e. The van der Waals surface area contributed by atoms with Crippen LogP contribution in [0, 0.1) is 0 Å². The molecular formula is C11H22N2O5S. The first-order valence-electron chi connectivity index (χ1n) is 6.21. The predicted octanol–water partition coefficient (Wildman–Crippen LogP) is -0.786. The summed E-state index contributed by atoms with van der Waals surface area (Å²) in [7, 11) is -1.24. The molecule has 0 bridgehead atoms. The average Bonchev–Trinajstić information content (AvgIpc) is 2.52. The third-order valence-electron chi connectivity index (χ3n) is 3.10. The largest absolute Gasteiger partial charge is 0.448 e. The smallest absolute Gasteiger partial charge is 0.407 e. The van der Waals surface area contributed by atoms with E-state index in [1.54, 1.807) is 6.92 Å². The van der Waals surface area contributed by atoms with Gasteiger partial charge in [-0.3, -0.25) is 0 Å². The van der Waals surface area contributed by atoms with Crippen LogP contribution in [0.2, 0.25) is 0 Å². The molecule has 1 atom stereocenters. The van der Waals surface area contributed by atoms with Gasteiger partial charge in [0.2, 0.25) is 0 Å². The molecule has 2 N–H and O–H groups in total. The van der Waals surface area contributed by atoms with Crippen LogP contribution in [0.15, 0.2) is 0 Å². The highest BCUT2D eigenvalue weighted by Crippen LogP contribution is 2.22. The van der Waals surface area contributed by atoms with Crippen LogP contribution < -0.4 is 5.32 Å². The number of nitrogens with zero attached hydrogens (tertiary/aromatic N) is 1. The molecular weight excluding hydrogens is 272 g/mol. The van der Waals surface area contributed by atoms with Gasteiger partial charge in [-0.1, -0.05) is 0 Å². The molecule has 19 heavy (non-hydrogen) atoms. The molecule has 1 rings (SSSR count). The molecule has 0 spiro atoms. The third-order valence-corrected chi connectivity index (χ3v) is 5.00. The second-order valence-corrected chi connectivity index (χ2v) is 7.37. The molecule has 1 aliphatic heterocycles. The normalized spacial score (nSPS) is 25.5. The maximum absolute atomic E-state index is 11.6. The average molecular weight is 294 g/mol. The van der Waals surface area contributed by atoms with Gasteiger partial charge in [0.05, 0.1) is 23.7 Å². The number of rotatable bonds is 6. The molecule has 0 aromatic carbocycles. The van der Waals surface area contributed by atoms with Crippen molar-refractivity contribution in [3.05, 3.63) is 0 Å². The van der Waals surface area contributed by atoms with Crippen LogP contribution in [0.5, 0.6) is 0 Å². The van der Waals surface area contributed by atoms with Gasteiger partial charge < -0.3 is 20.1 Å². The predicted molar refractivity (Wildman–Crippen MR) is 70.7 cm³/mol. The SMILES string of the molecule is CN(CCO)CCOC(=O)N[C@]1(C)CCS(=O)(=O)C1. The van der Waals surface area contributed by atoms with Crippen LogP contribution in [0.4, 0.5) is 4.79 Å². The molecule has 0 aromatic rings. The summed E-state index contributed by atoms with van der Waals surface area (Å²) >= 11 is 0. The van der Waals surface area contributed by atoms with E-state index < -0.39 is 21.5 Å². The van der Waals surface area contributed by atoms with Gasteiger partial charge in [-0.25, -0.2) is 13.2 Å². The lowest BCUT2D eigenvalue weighted by atomic mass is 10.0. The van der Waals surface area contributed by atoms with E-state index in [1.165, 1.54) is 0 Å². The lowest BCUT2D eigenvalue weighted by Gasteiger charge is -2.23. The number of hydrogen-bond acceptors (Lipinski definition) is 6. The molecule has 1 saturated heterocycles. The van der Waals surface area contributed by atoms with Crippen LogP contribution in [-0.2, 0) is 14.6 Å². The minimum absolute atomic E-state index is 0.0421. The van der Waals surface area contributed by atoms with Crippen LogP contribution in [0.1, 0.15) is 13.3 Å². The van der Waals surface area contributed by atoms with E-state index in [2.05, 4.69) is 5.32 Å². The van der Waals surface area contributed by atoms with Crippen molar-refractivity contribution in [2.75, 3.05) is 44.9 Å². The standard InChI is InChI=1S/C11H22N2O5S/c1-11(3-8-19(16,17)9-11)12-10(15)18-7-5-13(2)4-6-14/h14H,3-9H2,1-2H3,(H,12,15)/t11-/m1/s1. The van der Waals surface area contributed by atoms with Gasteiger partial charge in [-0.05, 0) is 20.4 Å². The molecule has 0 radical (unpaired) electrons. The Morgan fingerprint density at radius 2 is 2.16 bits per heavy atom. The van der Waals surface area contributed by atoms with E-state index in [0.717, 1.165) is 0 Å². The van der Waals surface area contributed by atoms with Crippen LogP contribution in [0.25, 0.3) is 0 Å². The van der Waals surface area contributed by atoms with E-state index in [0.29, 0.717) is 19.5 Å².